The Kier molecular flexibility index (Phi) is 2.89. The van der Waals surface area contributed by atoms with Crippen molar-refractivity contribution in [1.82, 2.24) is 24.9 Å². The number of carboxylic acids is 1. The predicted molar refractivity (Wildman–Crippen MR) is 71.8 cm³/mol. The largest absolute Gasteiger partial charge is 0.480 e. The van der Waals surface area contributed by atoms with Crippen LogP contribution in [-0.2, 0) is 4.79 Å². The Labute approximate surface area is 120 Å². The van der Waals surface area contributed by atoms with E-state index in [1.54, 1.807) is 13.8 Å². The van der Waals surface area contributed by atoms with Crippen LogP contribution in [0.2, 0.25) is 0 Å². The summed E-state index contributed by atoms with van der Waals surface area (Å²) in [6.45, 7) is 3.26. The van der Waals surface area contributed by atoms with Crippen LogP contribution in [0, 0.1) is 12.8 Å². The van der Waals surface area contributed by atoms with Crippen LogP contribution in [0.25, 0.3) is 5.78 Å². The highest BCUT2D eigenvalue weighted by molar-refractivity contribution is 5.98. The number of fused-ring (bicyclic) bond motifs is 1. The Balaban J connectivity index is 1.93. The number of nitrogens with one attached hydrogen (secondary N) is 1. The van der Waals surface area contributed by atoms with Gasteiger partial charge in [0.25, 0.3) is 11.7 Å². The lowest BCUT2D eigenvalue weighted by atomic mass is 9.95. The monoisotopic (exact) mass is 289 g/mol. The standard InChI is InChI=1S/C13H15N5O3/c1-7-9(5-14-12-15-6-16-18(7)12)10(19)17-13(2,11(20)21)8-3-4-8/h5-6,8H,3-4H2,1-2H3,(H,17,19)(H,20,21). The molecule has 0 radical (unpaired) electrons. The van der Waals surface area contributed by atoms with Crippen LogP contribution in [0.3, 0.4) is 0 Å². The first-order chi connectivity index (χ1) is 9.93. The molecule has 1 unspecified atom stereocenters. The minimum absolute atomic E-state index is 0.0256. The van der Waals surface area contributed by atoms with Crippen molar-refractivity contribution in [1.29, 1.82) is 0 Å². The molecule has 0 spiro atoms. The first-order valence-corrected chi connectivity index (χ1v) is 6.64. The van der Waals surface area contributed by atoms with Gasteiger partial charge in [-0.2, -0.15) is 10.1 Å². The summed E-state index contributed by atoms with van der Waals surface area (Å²) in [5.41, 5.74) is -0.388. The molecule has 21 heavy (non-hydrogen) atoms. The zero-order valence-corrected chi connectivity index (χ0v) is 11.7. The molecule has 1 fully saturated rings. The van der Waals surface area contributed by atoms with Gasteiger partial charge in [-0.1, -0.05) is 0 Å². The van der Waals surface area contributed by atoms with Crippen LogP contribution in [0.1, 0.15) is 35.8 Å². The van der Waals surface area contributed by atoms with E-state index in [2.05, 4.69) is 20.4 Å². The second-order valence-electron chi connectivity index (χ2n) is 5.47. The predicted octanol–water partition coefficient (Wildman–Crippen LogP) is 0.416. The van der Waals surface area contributed by atoms with Gasteiger partial charge in [0.2, 0.25) is 0 Å². The summed E-state index contributed by atoms with van der Waals surface area (Å²) in [6.07, 6.45) is 4.36. The summed E-state index contributed by atoms with van der Waals surface area (Å²) < 4.78 is 1.45. The van der Waals surface area contributed by atoms with Gasteiger partial charge >= 0.3 is 5.97 Å². The van der Waals surface area contributed by atoms with E-state index in [-0.39, 0.29) is 5.92 Å². The molecule has 2 heterocycles. The number of nitrogens with zero attached hydrogens (tertiary/aromatic N) is 4. The topological polar surface area (TPSA) is 109 Å². The minimum Gasteiger partial charge on any atom is -0.480 e. The number of hydrogen-bond donors (Lipinski definition) is 2. The van der Waals surface area contributed by atoms with Crippen molar-refractivity contribution < 1.29 is 14.7 Å². The number of rotatable bonds is 4. The van der Waals surface area contributed by atoms with Crippen LogP contribution in [0.15, 0.2) is 12.5 Å². The van der Waals surface area contributed by atoms with Crippen LogP contribution in [0.4, 0.5) is 0 Å². The smallest absolute Gasteiger partial charge is 0.329 e. The van der Waals surface area contributed by atoms with E-state index in [1.165, 1.54) is 17.0 Å². The number of carbonyl (C=O) groups is 2. The zero-order chi connectivity index (χ0) is 15.2. The van der Waals surface area contributed by atoms with Gasteiger partial charge in [0.15, 0.2) is 0 Å². The Morgan fingerprint density at radius 3 is 2.76 bits per heavy atom. The fourth-order valence-electron chi connectivity index (χ4n) is 2.41. The molecule has 8 heteroatoms. The summed E-state index contributed by atoms with van der Waals surface area (Å²) in [6, 6.07) is 0. The molecule has 2 aromatic heterocycles. The second-order valence-corrected chi connectivity index (χ2v) is 5.47. The molecular weight excluding hydrogens is 274 g/mol. The summed E-state index contributed by atoms with van der Waals surface area (Å²) in [5, 5.41) is 16.0. The average Bonchev–Trinajstić information content (AvgIpc) is 3.17. The Morgan fingerprint density at radius 2 is 2.14 bits per heavy atom. The van der Waals surface area contributed by atoms with Gasteiger partial charge in [-0.25, -0.2) is 14.3 Å². The van der Waals surface area contributed by atoms with Gasteiger partial charge in [0, 0.05) is 6.20 Å². The van der Waals surface area contributed by atoms with E-state index < -0.39 is 17.4 Å². The molecule has 2 aromatic rings. The lowest BCUT2D eigenvalue weighted by Gasteiger charge is -2.26. The highest BCUT2D eigenvalue weighted by Gasteiger charge is 2.48. The molecule has 0 bridgehead atoms. The first kappa shape index (κ1) is 13.5. The Bertz CT molecular complexity index is 736. The van der Waals surface area contributed by atoms with E-state index >= 15 is 0 Å². The van der Waals surface area contributed by atoms with Crippen molar-refractivity contribution in [2.45, 2.75) is 32.2 Å². The summed E-state index contributed by atoms with van der Waals surface area (Å²) in [4.78, 5) is 31.9. The number of carboxylic acid groups (broad SMARTS) is 1. The fourth-order valence-corrected chi connectivity index (χ4v) is 2.41. The van der Waals surface area contributed by atoms with Crippen molar-refractivity contribution in [3.8, 4) is 0 Å². The zero-order valence-electron chi connectivity index (χ0n) is 11.7. The van der Waals surface area contributed by atoms with Crippen molar-refractivity contribution >= 4 is 17.7 Å². The van der Waals surface area contributed by atoms with E-state index in [4.69, 9.17) is 0 Å². The molecule has 1 saturated carbocycles. The molecule has 0 aliphatic heterocycles. The van der Waals surface area contributed by atoms with Crippen LogP contribution in [0.5, 0.6) is 0 Å². The van der Waals surface area contributed by atoms with Gasteiger partial charge in [0.1, 0.15) is 11.9 Å². The second kappa shape index (κ2) is 4.51. The van der Waals surface area contributed by atoms with Crippen molar-refractivity contribution in [3.05, 3.63) is 23.8 Å². The minimum atomic E-state index is -1.25. The summed E-state index contributed by atoms with van der Waals surface area (Å²) in [5.74, 6) is -1.12. The molecule has 0 aromatic carbocycles. The SMILES string of the molecule is Cc1c(C(=O)NC(C)(C(=O)O)C2CC2)cnc2ncnn12. The molecule has 0 saturated heterocycles. The van der Waals surface area contributed by atoms with E-state index in [0.717, 1.165) is 12.8 Å². The number of aryl methyl sites for hydroxylation is 1. The third-order valence-corrected chi connectivity index (χ3v) is 4.00. The van der Waals surface area contributed by atoms with Crippen molar-refractivity contribution in [2.24, 2.45) is 5.92 Å². The van der Waals surface area contributed by atoms with Gasteiger partial charge in [-0.05, 0) is 32.6 Å². The Morgan fingerprint density at radius 1 is 1.43 bits per heavy atom. The molecule has 1 aliphatic carbocycles. The van der Waals surface area contributed by atoms with Gasteiger partial charge in [0.05, 0.1) is 11.3 Å². The van der Waals surface area contributed by atoms with Crippen molar-refractivity contribution in [2.75, 3.05) is 0 Å². The number of aliphatic carboxylic acids is 1. The highest BCUT2D eigenvalue weighted by atomic mass is 16.4. The summed E-state index contributed by atoms with van der Waals surface area (Å²) in [7, 11) is 0. The van der Waals surface area contributed by atoms with Crippen LogP contribution in [-0.4, -0.2) is 42.1 Å². The molecule has 2 N–H and O–H groups in total. The molecular formula is C13H15N5O3. The number of carbonyl (C=O) groups excluding carboxylic acids is 1. The lowest BCUT2D eigenvalue weighted by molar-refractivity contribution is -0.144. The fraction of sp³-hybridized carbons (Fsp3) is 0.462. The lowest BCUT2D eigenvalue weighted by Crippen LogP contribution is -2.54. The molecule has 110 valence electrons. The number of amides is 1. The third kappa shape index (κ3) is 2.12. The molecule has 3 rings (SSSR count). The molecule has 1 amide bonds. The van der Waals surface area contributed by atoms with Crippen LogP contribution >= 0.6 is 0 Å². The van der Waals surface area contributed by atoms with Gasteiger partial charge in [-0.3, -0.25) is 4.79 Å². The maximum Gasteiger partial charge on any atom is 0.329 e. The quantitative estimate of drug-likeness (QED) is 0.844. The third-order valence-electron chi connectivity index (χ3n) is 4.00. The summed E-state index contributed by atoms with van der Waals surface area (Å²) >= 11 is 0. The highest BCUT2D eigenvalue weighted by Crippen LogP contribution is 2.39. The van der Waals surface area contributed by atoms with Gasteiger partial charge < -0.3 is 10.4 Å². The molecule has 1 aliphatic rings. The first-order valence-electron chi connectivity index (χ1n) is 6.64. The maximum atomic E-state index is 12.4. The number of hydrogen-bond acceptors (Lipinski definition) is 5. The molecule has 1 atom stereocenters. The maximum absolute atomic E-state index is 12.4. The van der Waals surface area contributed by atoms with E-state index in [1.807, 2.05) is 0 Å². The van der Waals surface area contributed by atoms with Crippen molar-refractivity contribution in [3.63, 3.8) is 0 Å². The molecule has 8 nitrogen and oxygen atoms in total. The van der Waals surface area contributed by atoms with Crippen LogP contribution < -0.4 is 5.32 Å². The normalized spacial score (nSPS) is 17.4. The van der Waals surface area contributed by atoms with E-state index in [9.17, 15) is 14.7 Å². The number of aromatic nitrogens is 4. The van der Waals surface area contributed by atoms with Gasteiger partial charge in [-0.15, -0.1) is 0 Å². The average molecular weight is 289 g/mol. The van der Waals surface area contributed by atoms with E-state index in [0.29, 0.717) is 17.0 Å². The Hall–Kier alpha value is -2.51.